The topological polar surface area (TPSA) is 58.4 Å². The van der Waals surface area contributed by atoms with Crippen LogP contribution in [-0.4, -0.2) is 34.5 Å². The van der Waals surface area contributed by atoms with Crippen LogP contribution in [0.2, 0.25) is 5.02 Å². The Kier molecular flexibility index (Phi) is 5.29. The molecule has 1 heterocycles. The molecule has 1 atom stereocenters. The molecule has 1 aromatic rings. The molecule has 0 aromatic heterocycles. The molecule has 0 unspecified atom stereocenters. The molecule has 6 heteroatoms. The first-order valence-corrected chi connectivity index (χ1v) is 8.11. The van der Waals surface area contributed by atoms with Crippen LogP contribution in [0, 0.1) is 10.1 Å². The van der Waals surface area contributed by atoms with Crippen molar-refractivity contribution in [2.45, 2.75) is 51.6 Å². The molecule has 0 bridgehead atoms. The predicted octanol–water partition coefficient (Wildman–Crippen LogP) is 4.31. The quantitative estimate of drug-likeness (QED) is 0.664. The summed E-state index contributed by atoms with van der Waals surface area (Å²) in [5.74, 6) is 0. The molecule has 0 saturated carbocycles. The van der Waals surface area contributed by atoms with E-state index in [2.05, 4.69) is 31.0 Å². The van der Waals surface area contributed by atoms with Gasteiger partial charge in [0.15, 0.2) is 0 Å². The molecule has 0 radical (unpaired) electrons. The molecule has 1 aliphatic rings. The molecule has 22 heavy (non-hydrogen) atoms. The Labute approximate surface area is 136 Å². The van der Waals surface area contributed by atoms with Crippen LogP contribution in [0.3, 0.4) is 0 Å². The molecule has 1 aromatic carbocycles. The molecule has 2 rings (SSSR count). The van der Waals surface area contributed by atoms with E-state index in [1.54, 1.807) is 12.1 Å². The average molecular weight is 326 g/mol. The van der Waals surface area contributed by atoms with Gasteiger partial charge < -0.3 is 5.32 Å². The molecule has 1 aliphatic heterocycles. The summed E-state index contributed by atoms with van der Waals surface area (Å²) in [5, 5.41) is 14.9. The molecule has 0 amide bonds. The predicted molar refractivity (Wildman–Crippen MR) is 90.7 cm³/mol. The normalized spacial score (nSPS) is 20.5. The number of nitrogens with one attached hydrogen (secondary N) is 1. The summed E-state index contributed by atoms with van der Waals surface area (Å²) in [6.07, 6.45) is 3.26. The van der Waals surface area contributed by atoms with Gasteiger partial charge in [0.1, 0.15) is 5.69 Å². The zero-order valence-corrected chi connectivity index (χ0v) is 14.2. The minimum absolute atomic E-state index is 0.0408. The fourth-order valence-electron chi connectivity index (χ4n) is 2.88. The van der Waals surface area contributed by atoms with E-state index in [-0.39, 0.29) is 22.2 Å². The summed E-state index contributed by atoms with van der Waals surface area (Å²) in [6.45, 7) is 8.53. The van der Waals surface area contributed by atoms with Gasteiger partial charge in [0.25, 0.3) is 5.69 Å². The highest BCUT2D eigenvalue weighted by molar-refractivity contribution is 6.33. The number of nitro benzene ring substituents is 1. The van der Waals surface area contributed by atoms with Gasteiger partial charge in [0.2, 0.25) is 0 Å². The van der Waals surface area contributed by atoms with Crippen molar-refractivity contribution >= 4 is 23.0 Å². The first-order chi connectivity index (χ1) is 10.3. The van der Waals surface area contributed by atoms with Crippen molar-refractivity contribution in [1.29, 1.82) is 0 Å². The van der Waals surface area contributed by atoms with Crippen molar-refractivity contribution in [3.8, 4) is 0 Å². The number of nitro groups is 1. The second-order valence-corrected chi connectivity index (χ2v) is 7.25. The number of hydrogen-bond acceptors (Lipinski definition) is 4. The largest absolute Gasteiger partial charge is 0.374 e. The van der Waals surface area contributed by atoms with Gasteiger partial charge in [-0.1, -0.05) is 24.1 Å². The summed E-state index contributed by atoms with van der Waals surface area (Å²) in [4.78, 5) is 13.3. The summed E-state index contributed by atoms with van der Waals surface area (Å²) in [7, 11) is 0. The molecular formula is C16H24ClN3O2. The number of nitrogens with zero attached hydrogens (tertiary/aromatic N) is 2. The molecule has 122 valence electrons. The Morgan fingerprint density at radius 3 is 2.73 bits per heavy atom. The van der Waals surface area contributed by atoms with E-state index in [0.29, 0.717) is 10.7 Å². The molecule has 1 fully saturated rings. The molecule has 0 spiro atoms. The van der Waals surface area contributed by atoms with E-state index in [4.69, 9.17) is 11.6 Å². The van der Waals surface area contributed by atoms with Crippen molar-refractivity contribution in [3.05, 3.63) is 33.3 Å². The second kappa shape index (κ2) is 6.84. The molecule has 1 saturated heterocycles. The van der Waals surface area contributed by atoms with Gasteiger partial charge in [-0.05, 0) is 46.2 Å². The molecular weight excluding hydrogens is 302 g/mol. The first kappa shape index (κ1) is 17.0. The summed E-state index contributed by atoms with van der Waals surface area (Å²) < 4.78 is 0. The van der Waals surface area contributed by atoms with Crippen molar-refractivity contribution in [1.82, 2.24) is 4.90 Å². The Morgan fingerprint density at radius 2 is 2.09 bits per heavy atom. The minimum Gasteiger partial charge on any atom is -0.374 e. The van der Waals surface area contributed by atoms with E-state index < -0.39 is 0 Å². The standard InChI is InChI=1S/C16H24ClN3O2/c1-16(2,3)19-10-5-4-7-12(11-19)18-15-13(17)8-6-9-14(15)20(21)22/h6,8-9,12,18H,4-5,7,10-11H2,1-3H3/t12-/m1/s1. The lowest BCUT2D eigenvalue weighted by Gasteiger charge is -2.36. The fraction of sp³-hybridized carbons (Fsp3) is 0.625. The SMILES string of the molecule is CC(C)(C)N1CCCC[C@@H](Nc2c(Cl)cccc2[N+](=O)[O-])C1. The number of likely N-dealkylation sites (tertiary alicyclic amines) is 1. The molecule has 1 N–H and O–H groups in total. The summed E-state index contributed by atoms with van der Waals surface area (Å²) >= 11 is 6.18. The van der Waals surface area contributed by atoms with E-state index in [9.17, 15) is 10.1 Å². The van der Waals surface area contributed by atoms with E-state index in [1.165, 1.54) is 6.07 Å². The lowest BCUT2D eigenvalue weighted by atomic mass is 10.0. The van der Waals surface area contributed by atoms with Crippen LogP contribution in [0.5, 0.6) is 0 Å². The van der Waals surface area contributed by atoms with Crippen molar-refractivity contribution in [3.63, 3.8) is 0 Å². The van der Waals surface area contributed by atoms with Crippen LogP contribution in [0.1, 0.15) is 40.0 Å². The van der Waals surface area contributed by atoms with Gasteiger partial charge in [0, 0.05) is 24.2 Å². The van der Waals surface area contributed by atoms with Crippen LogP contribution in [0.4, 0.5) is 11.4 Å². The van der Waals surface area contributed by atoms with Crippen LogP contribution >= 0.6 is 11.6 Å². The van der Waals surface area contributed by atoms with Crippen LogP contribution < -0.4 is 5.32 Å². The third-order valence-corrected chi connectivity index (χ3v) is 4.47. The Balaban J connectivity index is 2.21. The zero-order valence-electron chi connectivity index (χ0n) is 13.4. The van der Waals surface area contributed by atoms with Crippen LogP contribution in [-0.2, 0) is 0 Å². The zero-order chi connectivity index (χ0) is 16.3. The highest BCUT2D eigenvalue weighted by Crippen LogP contribution is 2.33. The van der Waals surface area contributed by atoms with Gasteiger partial charge in [0.05, 0.1) is 9.95 Å². The maximum Gasteiger partial charge on any atom is 0.293 e. The Morgan fingerprint density at radius 1 is 1.36 bits per heavy atom. The lowest BCUT2D eigenvalue weighted by Crippen LogP contribution is -2.46. The number of para-hydroxylation sites is 1. The second-order valence-electron chi connectivity index (χ2n) is 6.84. The van der Waals surface area contributed by atoms with E-state index >= 15 is 0 Å². The third-order valence-electron chi connectivity index (χ3n) is 4.16. The Bertz CT molecular complexity index is 543. The summed E-state index contributed by atoms with van der Waals surface area (Å²) in [6, 6.07) is 4.96. The first-order valence-electron chi connectivity index (χ1n) is 7.73. The third kappa shape index (κ3) is 4.11. The van der Waals surface area contributed by atoms with Gasteiger partial charge in [-0.3, -0.25) is 15.0 Å². The number of anilines is 1. The number of halogens is 1. The monoisotopic (exact) mass is 325 g/mol. The Hall–Kier alpha value is -1.33. The van der Waals surface area contributed by atoms with Crippen LogP contribution in [0.15, 0.2) is 18.2 Å². The average Bonchev–Trinajstić information content (AvgIpc) is 2.66. The van der Waals surface area contributed by atoms with E-state index in [0.717, 1.165) is 32.4 Å². The smallest absolute Gasteiger partial charge is 0.293 e. The fourth-order valence-corrected chi connectivity index (χ4v) is 3.11. The van der Waals surface area contributed by atoms with Gasteiger partial charge in [-0.25, -0.2) is 0 Å². The summed E-state index contributed by atoms with van der Waals surface area (Å²) in [5.41, 5.74) is 0.574. The highest BCUT2D eigenvalue weighted by atomic mass is 35.5. The lowest BCUT2D eigenvalue weighted by molar-refractivity contribution is -0.384. The van der Waals surface area contributed by atoms with Crippen LogP contribution in [0.25, 0.3) is 0 Å². The molecule has 5 nitrogen and oxygen atoms in total. The van der Waals surface area contributed by atoms with Crippen molar-refractivity contribution in [2.75, 3.05) is 18.4 Å². The van der Waals surface area contributed by atoms with Gasteiger partial charge in [-0.2, -0.15) is 0 Å². The van der Waals surface area contributed by atoms with Gasteiger partial charge >= 0.3 is 0 Å². The number of hydrogen-bond donors (Lipinski definition) is 1. The van der Waals surface area contributed by atoms with Crippen molar-refractivity contribution < 1.29 is 4.92 Å². The van der Waals surface area contributed by atoms with Crippen molar-refractivity contribution in [2.24, 2.45) is 0 Å². The van der Waals surface area contributed by atoms with E-state index in [1.807, 2.05) is 0 Å². The van der Waals surface area contributed by atoms with Gasteiger partial charge in [-0.15, -0.1) is 0 Å². The number of benzene rings is 1. The maximum atomic E-state index is 11.2. The molecule has 0 aliphatic carbocycles. The minimum atomic E-state index is -0.382. The number of rotatable bonds is 3. The highest BCUT2D eigenvalue weighted by Gasteiger charge is 2.28. The maximum absolute atomic E-state index is 11.2.